The number of carbonyl (C=O) groups excluding carboxylic acids is 2. The molecule has 0 radical (unpaired) electrons. The fourth-order valence-electron chi connectivity index (χ4n) is 2.37. The first-order valence-corrected chi connectivity index (χ1v) is 8.10. The lowest BCUT2D eigenvalue weighted by Crippen LogP contribution is -2.45. The van der Waals surface area contributed by atoms with E-state index in [0.29, 0.717) is 5.75 Å². The third-order valence-corrected chi connectivity index (χ3v) is 3.76. The summed E-state index contributed by atoms with van der Waals surface area (Å²) in [5.41, 5.74) is -0.962. The van der Waals surface area contributed by atoms with E-state index in [4.69, 9.17) is 4.74 Å². The summed E-state index contributed by atoms with van der Waals surface area (Å²) in [6.45, 7) is 1.29. The van der Waals surface area contributed by atoms with E-state index in [1.807, 2.05) is 5.32 Å². The summed E-state index contributed by atoms with van der Waals surface area (Å²) in [5.74, 6) is -3.19. The fraction of sp³-hybridized carbons (Fsp3) is 0.263. The van der Waals surface area contributed by atoms with Crippen LogP contribution in [-0.2, 0) is 16.0 Å². The van der Waals surface area contributed by atoms with Crippen LogP contribution in [-0.4, -0.2) is 36.2 Å². The standard InChI is InChI=1S/C19H20F2N2O4/c1-19(26,10-12-3-6-14(27-2)7-4-12)11-22-17(24)18(25)23-16-9-13(20)5-8-15(16)21/h3-9,26H,10-11H2,1-2H3,(H,22,24)(H,23,25)/t19-/m1/s1. The van der Waals surface area contributed by atoms with E-state index in [1.54, 1.807) is 31.4 Å². The van der Waals surface area contributed by atoms with Crippen LogP contribution in [0.25, 0.3) is 0 Å². The molecule has 0 aliphatic heterocycles. The molecule has 2 amide bonds. The lowest BCUT2D eigenvalue weighted by molar-refractivity contribution is -0.136. The lowest BCUT2D eigenvalue weighted by atomic mass is 9.96. The van der Waals surface area contributed by atoms with Crippen LogP contribution in [0.2, 0.25) is 0 Å². The van der Waals surface area contributed by atoms with Crippen molar-refractivity contribution in [1.29, 1.82) is 0 Å². The van der Waals surface area contributed by atoms with Gasteiger partial charge in [0.1, 0.15) is 17.4 Å². The molecule has 0 aliphatic rings. The van der Waals surface area contributed by atoms with Crippen molar-refractivity contribution in [3.8, 4) is 5.75 Å². The Morgan fingerprint density at radius 1 is 1.11 bits per heavy atom. The minimum absolute atomic E-state index is 0.211. The van der Waals surface area contributed by atoms with E-state index in [1.165, 1.54) is 6.92 Å². The van der Waals surface area contributed by atoms with Crippen molar-refractivity contribution >= 4 is 17.5 Å². The summed E-state index contributed by atoms with van der Waals surface area (Å²) >= 11 is 0. The van der Waals surface area contributed by atoms with Gasteiger partial charge in [-0.25, -0.2) is 8.78 Å². The Bertz CT molecular complexity index is 823. The number of amides is 2. The molecular formula is C19H20F2N2O4. The molecule has 0 saturated heterocycles. The normalized spacial score (nSPS) is 12.8. The molecule has 0 aliphatic carbocycles. The van der Waals surface area contributed by atoms with Gasteiger partial charge in [0.05, 0.1) is 18.4 Å². The molecule has 3 N–H and O–H groups in total. The van der Waals surface area contributed by atoms with Crippen LogP contribution in [0.4, 0.5) is 14.5 Å². The van der Waals surface area contributed by atoms with Crippen molar-refractivity contribution in [1.82, 2.24) is 5.32 Å². The highest BCUT2D eigenvalue weighted by Crippen LogP contribution is 2.17. The molecular weight excluding hydrogens is 358 g/mol. The minimum Gasteiger partial charge on any atom is -0.497 e. The molecule has 0 heterocycles. The smallest absolute Gasteiger partial charge is 0.313 e. The van der Waals surface area contributed by atoms with E-state index < -0.39 is 34.7 Å². The molecule has 6 nitrogen and oxygen atoms in total. The van der Waals surface area contributed by atoms with Gasteiger partial charge < -0.3 is 20.5 Å². The van der Waals surface area contributed by atoms with Crippen molar-refractivity contribution in [2.75, 3.05) is 19.0 Å². The zero-order valence-corrected chi connectivity index (χ0v) is 14.9. The van der Waals surface area contributed by atoms with Crippen LogP contribution >= 0.6 is 0 Å². The predicted molar refractivity (Wildman–Crippen MR) is 95.3 cm³/mol. The Kier molecular flexibility index (Phi) is 6.46. The van der Waals surface area contributed by atoms with Gasteiger partial charge in [-0.3, -0.25) is 9.59 Å². The third kappa shape index (κ3) is 6.03. The van der Waals surface area contributed by atoms with Crippen molar-refractivity contribution < 1.29 is 28.2 Å². The Labute approximate surface area is 155 Å². The van der Waals surface area contributed by atoms with Crippen LogP contribution in [0.5, 0.6) is 5.75 Å². The zero-order valence-electron chi connectivity index (χ0n) is 14.9. The maximum Gasteiger partial charge on any atom is 0.313 e. The van der Waals surface area contributed by atoms with Crippen LogP contribution in [0.15, 0.2) is 42.5 Å². The Hall–Kier alpha value is -3.00. The van der Waals surface area contributed by atoms with Crippen molar-refractivity contribution in [2.45, 2.75) is 18.9 Å². The predicted octanol–water partition coefficient (Wildman–Crippen LogP) is 2.02. The third-order valence-electron chi connectivity index (χ3n) is 3.76. The number of anilines is 1. The summed E-state index contributed by atoms with van der Waals surface area (Å²) in [7, 11) is 1.54. The van der Waals surface area contributed by atoms with Crippen LogP contribution in [0, 0.1) is 11.6 Å². The lowest BCUT2D eigenvalue weighted by Gasteiger charge is -2.23. The van der Waals surface area contributed by atoms with Crippen LogP contribution < -0.4 is 15.4 Å². The second-order valence-electron chi connectivity index (χ2n) is 6.28. The second kappa shape index (κ2) is 8.59. The number of ether oxygens (including phenoxy) is 1. The SMILES string of the molecule is COc1ccc(C[C@@](C)(O)CNC(=O)C(=O)Nc2cc(F)ccc2F)cc1. The summed E-state index contributed by atoms with van der Waals surface area (Å²) in [4.78, 5) is 23.7. The number of halogens is 2. The number of benzene rings is 2. The van der Waals surface area contributed by atoms with Gasteiger partial charge in [0.25, 0.3) is 0 Å². The van der Waals surface area contributed by atoms with Gasteiger partial charge >= 0.3 is 11.8 Å². The highest BCUT2D eigenvalue weighted by atomic mass is 19.1. The fourth-order valence-corrected chi connectivity index (χ4v) is 2.37. The molecule has 2 aromatic carbocycles. The number of nitrogens with one attached hydrogen (secondary N) is 2. The van der Waals surface area contributed by atoms with Crippen molar-refractivity contribution in [2.24, 2.45) is 0 Å². The molecule has 0 spiro atoms. The first kappa shape index (κ1) is 20.3. The molecule has 0 unspecified atom stereocenters. The molecule has 0 aromatic heterocycles. The van der Waals surface area contributed by atoms with Crippen molar-refractivity contribution in [3.05, 3.63) is 59.7 Å². The molecule has 1 atom stereocenters. The maximum atomic E-state index is 13.5. The summed E-state index contributed by atoms with van der Waals surface area (Å²) < 4.78 is 31.7. The molecule has 27 heavy (non-hydrogen) atoms. The summed E-state index contributed by atoms with van der Waals surface area (Å²) in [5, 5.41) is 14.7. The van der Waals surface area contributed by atoms with Gasteiger partial charge in [-0.1, -0.05) is 12.1 Å². The van der Waals surface area contributed by atoms with Gasteiger partial charge in [-0.2, -0.15) is 0 Å². The Balaban J connectivity index is 1.90. The number of aliphatic hydroxyl groups is 1. The molecule has 2 rings (SSSR count). The average molecular weight is 378 g/mol. The van der Waals surface area contributed by atoms with E-state index in [9.17, 15) is 23.5 Å². The quantitative estimate of drug-likeness (QED) is 0.671. The number of carbonyl (C=O) groups is 2. The number of hydrogen-bond donors (Lipinski definition) is 3. The number of rotatable bonds is 6. The van der Waals surface area contributed by atoms with Gasteiger partial charge in [-0.15, -0.1) is 0 Å². The number of hydrogen-bond acceptors (Lipinski definition) is 4. The van der Waals surface area contributed by atoms with E-state index in [-0.39, 0.29) is 13.0 Å². The molecule has 0 fully saturated rings. The first-order valence-electron chi connectivity index (χ1n) is 8.10. The van der Waals surface area contributed by atoms with Gasteiger partial charge in [0.2, 0.25) is 0 Å². The summed E-state index contributed by atoms with van der Waals surface area (Å²) in [6, 6.07) is 9.52. The Morgan fingerprint density at radius 3 is 2.41 bits per heavy atom. The second-order valence-corrected chi connectivity index (χ2v) is 6.28. The van der Waals surface area contributed by atoms with Crippen molar-refractivity contribution in [3.63, 3.8) is 0 Å². The van der Waals surface area contributed by atoms with Crippen LogP contribution in [0.1, 0.15) is 12.5 Å². The average Bonchev–Trinajstić information content (AvgIpc) is 2.63. The first-order chi connectivity index (χ1) is 12.7. The molecule has 8 heteroatoms. The molecule has 2 aromatic rings. The molecule has 0 saturated carbocycles. The van der Waals surface area contributed by atoms with Gasteiger partial charge in [-0.05, 0) is 36.8 Å². The van der Waals surface area contributed by atoms with E-state index in [0.717, 1.165) is 23.8 Å². The largest absolute Gasteiger partial charge is 0.497 e. The molecule has 0 bridgehead atoms. The number of methoxy groups -OCH3 is 1. The molecule has 144 valence electrons. The summed E-state index contributed by atoms with van der Waals surface area (Å²) in [6.07, 6.45) is 0.220. The Morgan fingerprint density at radius 2 is 1.78 bits per heavy atom. The van der Waals surface area contributed by atoms with E-state index in [2.05, 4.69) is 5.32 Å². The maximum absolute atomic E-state index is 13.5. The van der Waals surface area contributed by atoms with Gasteiger partial charge in [0.15, 0.2) is 0 Å². The minimum atomic E-state index is -1.32. The highest BCUT2D eigenvalue weighted by molar-refractivity contribution is 6.39. The zero-order chi connectivity index (χ0) is 20.0. The topological polar surface area (TPSA) is 87.7 Å². The van der Waals surface area contributed by atoms with Gasteiger partial charge in [0, 0.05) is 19.0 Å². The van der Waals surface area contributed by atoms with E-state index >= 15 is 0 Å². The monoisotopic (exact) mass is 378 g/mol. The highest BCUT2D eigenvalue weighted by Gasteiger charge is 2.24. The van der Waals surface area contributed by atoms with Crippen LogP contribution in [0.3, 0.4) is 0 Å².